The maximum atomic E-state index is 12.5. The third kappa shape index (κ3) is 3.49. The normalized spacial score (nSPS) is 17.7. The zero-order valence-corrected chi connectivity index (χ0v) is 11.8. The lowest BCUT2D eigenvalue weighted by molar-refractivity contribution is -0.385. The van der Waals surface area contributed by atoms with Crippen molar-refractivity contribution in [3.8, 4) is 5.75 Å². The number of phenolic OH excluding ortho intramolecular Hbond substituents is 1. The van der Waals surface area contributed by atoms with Gasteiger partial charge in [0, 0.05) is 25.8 Å². The molecule has 1 heterocycles. The number of ether oxygens (including phenoxy) is 1. The molecule has 1 atom stereocenters. The molecule has 0 aromatic heterocycles. The van der Waals surface area contributed by atoms with Crippen LogP contribution in [-0.4, -0.2) is 46.6 Å². The summed E-state index contributed by atoms with van der Waals surface area (Å²) in [5.74, 6) is -0.632. The predicted molar refractivity (Wildman–Crippen MR) is 75.3 cm³/mol. The number of amides is 1. The van der Waals surface area contributed by atoms with E-state index >= 15 is 0 Å². The van der Waals surface area contributed by atoms with Gasteiger partial charge in [0.15, 0.2) is 0 Å². The fourth-order valence-corrected chi connectivity index (χ4v) is 2.41. The quantitative estimate of drug-likeness (QED) is 0.661. The first-order valence-corrected chi connectivity index (χ1v) is 6.91. The number of likely N-dealkylation sites (N-methyl/N-ethyl adjacent to an activating group) is 1. The van der Waals surface area contributed by atoms with Gasteiger partial charge in [-0.25, -0.2) is 0 Å². The Kier molecular flexibility index (Phi) is 4.74. The second-order valence-electron chi connectivity index (χ2n) is 4.94. The van der Waals surface area contributed by atoms with E-state index in [-0.39, 0.29) is 23.1 Å². The summed E-state index contributed by atoms with van der Waals surface area (Å²) < 4.78 is 5.50. The zero-order chi connectivity index (χ0) is 15.4. The van der Waals surface area contributed by atoms with Crippen LogP contribution in [0.5, 0.6) is 5.75 Å². The monoisotopic (exact) mass is 294 g/mol. The SMILES string of the molecule is CCN(CC1CCCO1)C(=O)c1cc(O)ccc1[N+](=O)[O-]. The van der Waals surface area contributed by atoms with Gasteiger partial charge in [-0.05, 0) is 31.9 Å². The first-order valence-electron chi connectivity index (χ1n) is 6.91. The number of rotatable bonds is 5. The molecule has 0 radical (unpaired) electrons. The zero-order valence-electron chi connectivity index (χ0n) is 11.8. The number of carbonyl (C=O) groups is 1. The van der Waals surface area contributed by atoms with Crippen LogP contribution in [-0.2, 0) is 4.74 Å². The second kappa shape index (κ2) is 6.53. The largest absolute Gasteiger partial charge is 0.508 e. The fourth-order valence-electron chi connectivity index (χ4n) is 2.41. The molecule has 7 nitrogen and oxygen atoms in total. The molecule has 1 N–H and O–H groups in total. The third-order valence-electron chi connectivity index (χ3n) is 3.52. The Bertz CT molecular complexity index is 540. The summed E-state index contributed by atoms with van der Waals surface area (Å²) in [6.45, 7) is 3.32. The van der Waals surface area contributed by atoms with E-state index in [0.29, 0.717) is 19.7 Å². The van der Waals surface area contributed by atoms with Gasteiger partial charge in [0.1, 0.15) is 11.3 Å². The molecule has 0 aliphatic carbocycles. The van der Waals surface area contributed by atoms with E-state index in [9.17, 15) is 20.0 Å². The van der Waals surface area contributed by atoms with Crippen molar-refractivity contribution in [3.05, 3.63) is 33.9 Å². The lowest BCUT2D eigenvalue weighted by atomic mass is 10.1. The number of hydrogen-bond acceptors (Lipinski definition) is 5. The minimum absolute atomic E-state index is 0.0229. The summed E-state index contributed by atoms with van der Waals surface area (Å²) in [4.78, 5) is 24.4. The van der Waals surface area contributed by atoms with Crippen molar-refractivity contribution in [3.63, 3.8) is 0 Å². The molecule has 7 heteroatoms. The maximum Gasteiger partial charge on any atom is 0.282 e. The summed E-state index contributed by atoms with van der Waals surface area (Å²) >= 11 is 0. The van der Waals surface area contributed by atoms with E-state index in [1.807, 2.05) is 6.92 Å². The molecule has 0 bridgehead atoms. The predicted octanol–water partition coefficient (Wildman–Crippen LogP) is 1.94. The smallest absolute Gasteiger partial charge is 0.282 e. The molecular weight excluding hydrogens is 276 g/mol. The summed E-state index contributed by atoms with van der Waals surface area (Å²) in [5, 5.41) is 20.5. The van der Waals surface area contributed by atoms with Gasteiger partial charge in [-0.1, -0.05) is 0 Å². The standard InChI is InChI=1S/C14H18N2O5/c1-2-15(9-11-4-3-7-21-11)14(18)12-8-10(17)5-6-13(12)16(19)20/h5-6,8,11,17H,2-4,7,9H2,1H3. The van der Waals surface area contributed by atoms with E-state index in [1.165, 1.54) is 11.0 Å². The molecule has 0 saturated carbocycles. The van der Waals surface area contributed by atoms with Crippen molar-refractivity contribution in [2.75, 3.05) is 19.7 Å². The highest BCUT2D eigenvalue weighted by atomic mass is 16.6. The molecule has 2 rings (SSSR count). The van der Waals surface area contributed by atoms with Crippen molar-refractivity contribution >= 4 is 11.6 Å². The second-order valence-corrected chi connectivity index (χ2v) is 4.94. The molecule has 1 saturated heterocycles. The van der Waals surface area contributed by atoms with E-state index in [4.69, 9.17) is 4.74 Å². The minimum Gasteiger partial charge on any atom is -0.508 e. The highest BCUT2D eigenvalue weighted by Gasteiger charge is 2.27. The van der Waals surface area contributed by atoms with Crippen molar-refractivity contribution in [2.45, 2.75) is 25.9 Å². The average Bonchev–Trinajstić information content (AvgIpc) is 2.96. The molecule has 1 amide bonds. The summed E-state index contributed by atoms with van der Waals surface area (Å²) in [5.41, 5.74) is -0.400. The van der Waals surface area contributed by atoms with Crippen LogP contribution in [0.3, 0.4) is 0 Å². The lowest BCUT2D eigenvalue weighted by Gasteiger charge is -2.24. The number of carbonyl (C=O) groups excluding carboxylic acids is 1. The highest BCUT2D eigenvalue weighted by molar-refractivity contribution is 5.98. The van der Waals surface area contributed by atoms with E-state index < -0.39 is 10.8 Å². The van der Waals surface area contributed by atoms with Crippen LogP contribution in [0.4, 0.5) is 5.69 Å². The van der Waals surface area contributed by atoms with Gasteiger partial charge < -0.3 is 14.7 Å². The number of benzene rings is 1. The molecule has 1 fully saturated rings. The first-order chi connectivity index (χ1) is 10.0. The van der Waals surface area contributed by atoms with Gasteiger partial charge in [0.25, 0.3) is 11.6 Å². The number of nitrogens with zero attached hydrogens (tertiary/aromatic N) is 2. The lowest BCUT2D eigenvalue weighted by Crippen LogP contribution is -2.37. The Morgan fingerprint density at radius 1 is 1.57 bits per heavy atom. The summed E-state index contributed by atoms with van der Waals surface area (Å²) in [6.07, 6.45) is 1.82. The number of nitro groups is 1. The van der Waals surface area contributed by atoms with Crippen LogP contribution in [0.1, 0.15) is 30.1 Å². The summed E-state index contributed by atoms with van der Waals surface area (Å²) in [7, 11) is 0. The van der Waals surface area contributed by atoms with E-state index in [2.05, 4.69) is 0 Å². The Balaban J connectivity index is 2.23. The van der Waals surface area contributed by atoms with Crippen molar-refractivity contribution < 1.29 is 19.6 Å². The molecule has 1 aromatic rings. The molecule has 1 aliphatic heterocycles. The van der Waals surface area contributed by atoms with E-state index in [1.54, 1.807) is 0 Å². The number of hydrogen-bond donors (Lipinski definition) is 1. The third-order valence-corrected chi connectivity index (χ3v) is 3.52. The Labute approximate surface area is 122 Å². The molecular formula is C14H18N2O5. The Hall–Kier alpha value is -2.15. The van der Waals surface area contributed by atoms with Crippen LogP contribution in [0.25, 0.3) is 0 Å². The van der Waals surface area contributed by atoms with Crippen LogP contribution < -0.4 is 0 Å². The first kappa shape index (κ1) is 15.2. The molecule has 1 aromatic carbocycles. The number of phenols is 1. The molecule has 1 aliphatic rings. The maximum absolute atomic E-state index is 12.5. The van der Waals surface area contributed by atoms with E-state index in [0.717, 1.165) is 25.0 Å². The Morgan fingerprint density at radius 3 is 2.90 bits per heavy atom. The van der Waals surface area contributed by atoms with Gasteiger partial charge in [-0.2, -0.15) is 0 Å². The van der Waals surface area contributed by atoms with Gasteiger partial charge in [-0.3, -0.25) is 14.9 Å². The van der Waals surface area contributed by atoms with Crippen LogP contribution in [0.2, 0.25) is 0 Å². The fraction of sp³-hybridized carbons (Fsp3) is 0.500. The molecule has 114 valence electrons. The summed E-state index contributed by atoms with van der Waals surface area (Å²) in [6, 6.07) is 3.48. The molecule has 1 unspecified atom stereocenters. The van der Waals surface area contributed by atoms with Crippen molar-refractivity contribution in [1.29, 1.82) is 0 Å². The highest BCUT2D eigenvalue weighted by Crippen LogP contribution is 2.25. The molecule has 21 heavy (non-hydrogen) atoms. The van der Waals surface area contributed by atoms with Crippen LogP contribution in [0.15, 0.2) is 18.2 Å². The molecule has 0 spiro atoms. The van der Waals surface area contributed by atoms with Gasteiger partial charge >= 0.3 is 0 Å². The average molecular weight is 294 g/mol. The van der Waals surface area contributed by atoms with Crippen LogP contribution >= 0.6 is 0 Å². The Morgan fingerprint density at radius 2 is 2.33 bits per heavy atom. The topological polar surface area (TPSA) is 92.9 Å². The van der Waals surface area contributed by atoms with Crippen molar-refractivity contribution in [2.24, 2.45) is 0 Å². The number of aromatic hydroxyl groups is 1. The van der Waals surface area contributed by atoms with Gasteiger partial charge in [0.2, 0.25) is 0 Å². The van der Waals surface area contributed by atoms with Gasteiger partial charge in [0.05, 0.1) is 11.0 Å². The van der Waals surface area contributed by atoms with Crippen LogP contribution in [0, 0.1) is 10.1 Å². The van der Waals surface area contributed by atoms with Crippen molar-refractivity contribution in [1.82, 2.24) is 4.90 Å². The van der Waals surface area contributed by atoms with Gasteiger partial charge in [-0.15, -0.1) is 0 Å². The minimum atomic E-state index is -0.618. The number of nitro benzene ring substituents is 1.